The predicted octanol–water partition coefficient (Wildman–Crippen LogP) is 6.83. The number of benzene rings is 3. The van der Waals surface area contributed by atoms with E-state index in [1.807, 2.05) is 6.92 Å². The van der Waals surface area contributed by atoms with E-state index in [0.29, 0.717) is 11.5 Å². The van der Waals surface area contributed by atoms with Crippen LogP contribution >= 0.6 is 0 Å². The lowest BCUT2D eigenvalue weighted by atomic mass is 10.1. The topological polar surface area (TPSA) is 74.2 Å². The molecule has 3 aromatic carbocycles. The minimum atomic E-state index is -4.62. The molecule has 0 saturated carbocycles. The molecule has 1 N–H and O–H groups in total. The number of carbonyl (C=O) groups is 1. The highest BCUT2D eigenvalue weighted by Gasteiger charge is 2.36. The van der Waals surface area contributed by atoms with E-state index in [2.05, 4.69) is 0 Å². The minimum Gasteiger partial charge on any atom is -0.493 e. The summed E-state index contributed by atoms with van der Waals surface area (Å²) in [5.74, 6) is -0.529. The van der Waals surface area contributed by atoms with E-state index in [4.69, 9.17) is 24.1 Å². The molecule has 0 bridgehead atoms. The smallest absolute Gasteiger partial charge is 0.420 e. The van der Waals surface area contributed by atoms with Gasteiger partial charge in [-0.1, -0.05) is 31.2 Å². The van der Waals surface area contributed by atoms with Crippen LogP contribution in [0.1, 0.15) is 26.3 Å². The van der Waals surface area contributed by atoms with E-state index in [-0.39, 0.29) is 30.6 Å². The molecule has 0 amide bonds. The van der Waals surface area contributed by atoms with E-state index in [0.717, 1.165) is 6.07 Å². The lowest BCUT2D eigenvalue weighted by molar-refractivity contribution is -0.152. The lowest BCUT2D eigenvalue weighted by Gasteiger charge is -2.21. The Balaban J connectivity index is 1.61. The number of hydrogen-bond donors (Lipinski definition) is 1. The highest BCUT2D eigenvalue weighted by atomic mass is 19.4. The van der Waals surface area contributed by atoms with Crippen LogP contribution in [0.15, 0.2) is 72.8 Å². The Hall–Kier alpha value is -3.88. The van der Waals surface area contributed by atoms with Gasteiger partial charge in [-0.3, -0.25) is 0 Å². The van der Waals surface area contributed by atoms with Crippen LogP contribution in [0.4, 0.5) is 13.2 Å². The number of carboxylic acid groups (broad SMARTS) is 1. The first-order valence-electron chi connectivity index (χ1n) is 11.2. The number of rotatable bonds is 11. The molecule has 0 aliphatic carbocycles. The molecule has 192 valence electrons. The first kappa shape index (κ1) is 26.7. The summed E-state index contributed by atoms with van der Waals surface area (Å²) in [7, 11) is 0. The van der Waals surface area contributed by atoms with Crippen LogP contribution < -0.4 is 18.9 Å². The Morgan fingerprint density at radius 3 is 2.06 bits per heavy atom. The summed E-state index contributed by atoms with van der Waals surface area (Å²) in [6.07, 6.45) is -4.62. The molecule has 9 heteroatoms. The zero-order chi connectivity index (χ0) is 26.3. The van der Waals surface area contributed by atoms with Crippen molar-refractivity contribution in [3.05, 3.63) is 78.4 Å². The highest BCUT2D eigenvalue weighted by molar-refractivity contribution is 5.76. The number of alkyl halides is 3. The van der Waals surface area contributed by atoms with Crippen molar-refractivity contribution >= 4 is 5.97 Å². The van der Waals surface area contributed by atoms with Gasteiger partial charge in [-0.2, -0.15) is 13.2 Å². The Bertz CT molecular complexity index is 1140. The summed E-state index contributed by atoms with van der Waals surface area (Å²) >= 11 is 0. The third-order valence-corrected chi connectivity index (χ3v) is 5.02. The maximum Gasteiger partial charge on any atom is 0.420 e. The van der Waals surface area contributed by atoms with Crippen LogP contribution in [0.2, 0.25) is 0 Å². The molecule has 0 aromatic heterocycles. The molecule has 1 unspecified atom stereocenters. The van der Waals surface area contributed by atoms with Gasteiger partial charge in [0.05, 0.1) is 13.2 Å². The van der Waals surface area contributed by atoms with Crippen LogP contribution in [0.25, 0.3) is 0 Å². The van der Waals surface area contributed by atoms with E-state index in [1.165, 1.54) is 26.0 Å². The number of aliphatic carboxylic acids is 1. The van der Waals surface area contributed by atoms with Crippen LogP contribution in [-0.2, 0) is 11.0 Å². The second-order valence-electron chi connectivity index (χ2n) is 8.66. The highest BCUT2D eigenvalue weighted by Crippen LogP contribution is 2.43. The number of halogens is 3. The van der Waals surface area contributed by atoms with Crippen molar-refractivity contribution in [2.45, 2.75) is 32.5 Å². The van der Waals surface area contributed by atoms with Crippen LogP contribution in [0.5, 0.6) is 28.7 Å². The quantitative estimate of drug-likeness (QED) is 0.308. The van der Waals surface area contributed by atoms with Crippen molar-refractivity contribution < 1.29 is 42.0 Å². The lowest BCUT2D eigenvalue weighted by Crippen LogP contribution is -2.37. The van der Waals surface area contributed by atoms with Crippen molar-refractivity contribution in [3.8, 4) is 28.7 Å². The summed E-state index contributed by atoms with van der Waals surface area (Å²) in [5, 5.41) is 9.16. The molecule has 0 aliphatic rings. The zero-order valence-electron chi connectivity index (χ0n) is 20.0. The van der Waals surface area contributed by atoms with E-state index in [9.17, 15) is 18.0 Å². The number of para-hydroxylation sites is 2. The summed E-state index contributed by atoms with van der Waals surface area (Å²) < 4.78 is 63.3. The molecule has 1 atom stereocenters. The van der Waals surface area contributed by atoms with E-state index >= 15 is 0 Å². The molecule has 3 rings (SSSR count). The fourth-order valence-electron chi connectivity index (χ4n) is 3.03. The van der Waals surface area contributed by atoms with Gasteiger partial charge in [0.2, 0.25) is 0 Å². The zero-order valence-corrected chi connectivity index (χ0v) is 20.0. The third kappa shape index (κ3) is 7.31. The Kier molecular flexibility index (Phi) is 8.34. The molecular weight excluding hydrogens is 477 g/mol. The Morgan fingerprint density at radius 2 is 1.44 bits per heavy atom. The molecule has 0 heterocycles. The molecule has 0 saturated heterocycles. The second-order valence-corrected chi connectivity index (χ2v) is 8.66. The van der Waals surface area contributed by atoms with Gasteiger partial charge in [-0.15, -0.1) is 0 Å². The maximum absolute atomic E-state index is 13.6. The normalized spacial score (nSPS) is 12.5. The first-order chi connectivity index (χ1) is 17.0. The van der Waals surface area contributed by atoms with Gasteiger partial charge in [0.25, 0.3) is 0 Å². The van der Waals surface area contributed by atoms with Crippen LogP contribution in [0.3, 0.4) is 0 Å². The summed E-state index contributed by atoms with van der Waals surface area (Å²) in [4.78, 5) is 11.2. The molecular formula is C27H27F3O6. The van der Waals surface area contributed by atoms with Gasteiger partial charge in [0.1, 0.15) is 22.8 Å². The van der Waals surface area contributed by atoms with Gasteiger partial charge < -0.3 is 24.1 Å². The van der Waals surface area contributed by atoms with E-state index in [1.54, 1.807) is 54.6 Å². The summed E-state index contributed by atoms with van der Waals surface area (Å²) in [6, 6.07) is 18.3. The minimum absolute atomic E-state index is 0.0249. The second kappa shape index (κ2) is 11.2. The number of carboxylic acids is 1. The van der Waals surface area contributed by atoms with Gasteiger partial charge in [-0.05, 0) is 62.4 Å². The summed E-state index contributed by atoms with van der Waals surface area (Å²) in [6.45, 7) is 5.04. The number of ether oxygens (including phenoxy) is 4. The average Bonchev–Trinajstić information content (AvgIpc) is 2.82. The van der Waals surface area contributed by atoms with Crippen molar-refractivity contribution in [2.24, 2.45) is 5.92 Å². The molecule has 0 radical (unpaired) electrons. The Morgan fingerprint density at radius 1 is 0.833 bits per heavy atom. The molecule has 3 aromatic rings. The molecule has 0 aliphatic heterocycles. The van der Waals surface area contributed by atoms with Gasteiger partial charge >= 0.3 is 12.1 Å². The van der Waals surface area contributed by atoms with E-state index < -0.39 is 29.1 Å². The van der Waals surface area contributed by atoms with Crippen LogP contribution in [-0.4, -0.2) is 29.9 Å². The van der Waals surface area contributed by atoms with Crippen molar-refractivity contribution in [3.63, 3.8) is 0 Å². The Labute approximate surface area is 207 Å². The molecule has 0 spiro atoms. The van der Waals surface area contributed by atoms with Crippen LogP contribution in [0, 0.1) is 5.92 Å². The number of hydrogen-bond acceptors (Lipinski definition) is 5. The SMILES string of the molecule is CC(COc1ccc(OC(C)(C)C(=O)O)cc1)COc1cccc(C(F)(F)F)c1Oc1ccccc1. The molecule has 36 heavy (non-hydrogen) atoms. The monoisotopic (exact) mass is 504 g/mol. The van der Waals surface area contributed by atoms with Crippen molar-refractivity contribution in [1.29, 1.82) is 0 Å². The maximum atomic E-state index is 13.6. The first-order valence-corrected chi connectivity index (χ1v) is 11.2. The standard InChI is InChI=1S/C27H27F3O6/c1-18(16-33-19-12-14-21(15-13-19)36-26(2,3)25(31)32)17-34-23-11-7-10-22(27(28,29)30)24(23)35-20-8-5-4-6-9-20/h4-15,18H,16-17H2,1-3H3,(H,31,32). The molecule has 6 nitrogen and oxygen atoms in total. The largest absolute Gasteiger partial charge is 0.493 e. The van der Waals surface area contributed by atoms with Gasteiger partial charge in [-0.25, -0.2) is 4.79 Å². The third-order valence-electron chi connectivity index (χ3n) is 5.02. The van der Waals surface area contributed by atoms with Crippen molar-refractivity contribution in [2.75, 3.05) is 13.2 Å². The predicted molar refractivity (Wildman–Crippen MR) is 127 cm³/mol. The van der Waals surface area contributed by atoms with Crippen molar-refractivity contribution in [1.82, 2.24) is 0 Å². The molecule has 0 fully saturated rings. The average molecular weight is 505 g/mol. The fraction of sp³-hybridized carbons (Fsp3) is 0.296. The van der Waals surface area contributed by atoms with Gasteiger partial charge in [0.15, 0.2) is 17.1 Å². The fourth-order valence-corrected chi connectivity index (χ4v) is 3.03. The van der Waals surface area contributed by atoms with Gasteiger partial charge in [0, 0.05) is 5.92 Å². The summed E-state index contributed by atoms with van der Waals surface area (Å²) in [5.41, 5.74) is -2.30.